The van der Waals surface area contributed by atoms with Crippen LogP contribution >= 0.6 is 0 Å². The van der Waals surface area contributed by atoms with Gasteiger partial charge in [-0.05, 0) is 23.3 Å². The van der Waals surface area contributed by atoms with Gasteiger partial charge in [0.2, 0.25) is 0 Å². The van der Waals surface area contributed by atoms with Crippen LogP contribution < -0.4 is 4.74 Å². The van der Waals surface area contributed by atoms with Gasteiger partial charge in [-0.1, -0.05) is 42.5 Å². The number of methoxy groups -OCH3 is 1. The summed E-state index contributed by atoms with van der Waals surface area (Å²) in [5, 5.41) is 29.4. The predicted octanol–water partition coefficient (Wildman–Crippen LogP) is 0.942. The Kier molecular flexibility index (Phi) is 10.4. The molecule has 9 heteroatoms. The van der Waals surface area contributed by atoms with Gasteiger partial charge in [-0.15, -0.1) is 0 Å². The SMILES string of the molecule is COc1ccc(COO[C@@H]([C@H](OOCc2ccccc2)[C@@H](O)C=O)[C@H](O)CO)cc1. The van der Waals surface area contributed by atoms with E-state index >= 15 is 0 Å². The van der Waals surface area contributed by atoms with Gasteiger partial charge in [0, 0.05) is 0 Å². The minimum Gasteiger partial charge on any atom is -0.497 e. The summed E-state index contributed by atoms with van der Waals surface area (Å²) in [4.78, 5) is 31.7. The number of aldehydes is 1. The highest BCUT2D eigenvalue weighted by molar-refractivity contribution is 5.56. The van der Waals surface area contributed by atoms with E-state index in [1.54, 1.807) is 43.5 Å². The third-order valence-electron chi connectivity index (χ3n) is 4.18. The molecule has 2 rings (SSSR count). The van der Waals surface area contributed by atoms with Crippen LogP contribution in [-0.2, 0) is 37.6 Å². The number of ether oxygens (including phenoxy) is 1. The number of hydrogen-bond acceptors (Lipinski definition) is 9. The molecule has 0 aromatic heterocycles. The number of aliphatic hydroxyl groups excluding tert-OH is 3. The van der Waals surface area contributed by atoms with E-state index in [9.17, 15) is 20.1 Å². The van der Waals surface area contributed by atoms with E-state index in [1.165, 1.54) is 0 Å². The molecule has 0 radical (unpaired) electrons. The molecule has 2 aromatic carbocycles. The Balaban J connectivity index is 1.98. The average Bonchev–Trinajstić information content (AvgIpc) is 2.80. The normalized spacial score (nSPS) is 15.2. The first-order valence-electron chi connectivity index (χ1n) is 9.24. The molecule has 164 valence electrons. The van der Waals surface area contributed by atoms with E-state index in [2.05, 4.69) is 0 Å². The van der Waals surface area contributed by atoms with Gasteiger partial charge >= 0.3 is 0 Å². The summed E-state index contributed by atoms with van der Waals surface area (Å²) in [6.07, 6.45) is -5.87. The third kappa shape index (κ3) is 7.47. The van der Waals surface area contributed by atoms with Gasteiger partial charge in [-0.25, -0.2) is 19.6 Å². The van der Waals surface area contributed by atoms with Crippen LogP contribution in [0.4, 0.5) is 0 Å². The van der Waals surface area contributed by atoms with Crippen LogP contribution in [0.3, 0.4) is 0 Å². The average molecular weight is 422 g/mol. The molecule has 0 unspecified atom stereocenters. The number of aliphatic hydroxyl groups is 3. The molecule has 30 heavy (non-hydrogen) atoms. The fraction of sp³-hybridized carbons (Fsp3) is 0.381. The maximum absolute atomic E-state index is 11.1. The minimum absolute atomic E-state index is 0.00653. The highest BCUT2D eigenvalue weighted by Gasteiger charge is 2.37. The second-order valence-corrected chi connectivity index (χ2v) is 6.36. The summed E-state index contributed by atoms with van der Waals surface area (Å²) in [6.45, 7) is -0.703. The molecule has 0 heterocycles. The zero-order valence-electron chi connectivity index (χ0n) is 16.5. The van der Waals surface area contributed by atoms with Crippen LogP contribution in [0.15, 0.2) is 54.6 Å². The lowest BCUT2D eigenvalue weighted by molar-refractivity contribution is -0.415. The zero-order chi connectivity index (χ0) is 21.8. The molecular formula is C21H26O9. The molecule has 0 bridgehead atoms. The maximum Gasteiger partial charge on any atom is 0.157 e. The zero-order valence-corrected chi connectivity index (χ0v) is 16.5. The first-order valence-corrected chi connectivity index (χ1v) is 9.24. The van der Waals surface area contributed by atoms with Crippen molar-refractivity contribution in [3.63, 3.8) is 0 Å². The van der Waals surface area contributed by atoms with Gasteiger partial charge in [0.05, 0.1) is 13.7 Å². The summed E-state index contributed by atoms with van der Waals surface area (Å²) in [5.74, 6) is 0.673. The van der Waals surface area contributed by atoms with E-state index in [0.717, 1.165) is 11.1 Å². The van der Waals surface area contributed by atoms with Gasteiger partial charge in [0.1, 0.15) is 31.2 Å². The van der Waals surface area contributed by atoms with Crippen LogP contribution in [0.25, 0.3) is 0 Å². The van der Waals surface area contributed by atoms with E-state index in [0.29, 0.717) is 5.75 Å². The van der Waals surface area contributed by atoms with Gasteiger partial charge < -0.3 is 24.9 Å². The Morgan fingerprint density at radius 1 is 0.867 bits per heavy atom. The van der Waals surface area contributed by atoms with Gasteiger partial charge in [-0.3, -0.25) is 0 Å². The summed E-state index contributed by atoms with van der Waals surface area (Å²) in [6, 6.07) is 16.0. The molecule has 9 nitrogen and oxygen atoms in total. The topological polar surface area (TPSA) is 124 Å². The van der Waals surface area contributed by atoms with Crippen LogP contribution in [-0.4, -0.2) is 59.7 Å². The molecule has 3 N–H and O–H groups in total. The van der Waals surface area contributed by atoms with Crippen molar-refractivity contribution in [3.05, 3.63) is 65.7 Å². The lowest BCUT2D eigenvalue weighted by atomic mass is 10.0. The molecule has 0 aliphatic rings. The second kappa shape index (κ2) is 13.0. The Bertz CT molecular complexity index is 723. The summed E-state index contributed by atoms with van der Waals surface area (Å²) < 4.78 is 5.07. The van der Waals surface area contributed by atoms with Crippen molar-refractivity contribution in [2.45, 2.75) is 37.6 Å². The Morgan fingerprint density at radius 2 is 1.43 bits per heavy atom. The monoisotopic (exact) mass is 422 g/mol. The molecule has 0 aliphatic carbocycles. The number of benzene rings is 2. The number of carbonyl (C=O) groups is 1. The van der Waals surface area contributed by atoms with Crippen molar-refractivity contribution < 1.29 is 44.4 Å². The first kappa shape index (κ1) is 23.9. The molecule has 0 fully saturated rings. The van der Waals surface area contributed by atoms with Gasteiger partial charge in [0.15, 0.2) is 18.5 Å². The summed E-state index contributed by atoms with van der Waals surface area (Å²) in [5.41, 5.74) is 1.52. The van der Waals surface area contributed by atoms with Crippen LogP contribution in [0.1, 0.15) is 11.1 Å². The molecule has 0 spiro atoms. The number of carbonyl (C=O) groups excluding carboxylic acids is 1. The van der Waals surface area contributed by atoms with E-state index in [-0.39, 0.29) is 19.5 Å². The van der Waals surface area contributed by atoms with Gasteiger partial charge in [-0.2, -0.15) is 0 Å². The minimum atomic E-state index is -1.70. The molecule has 2 aromatic rings. The van der Waals surface area contributed by atoms with Crippen molar-refractivity contribution >= 4 is 6.29 Å². The largest absolute Gasteiger partial charge is 0.497 e. The van der Waals surface area contributed by atoms with Crippen molar-refractivity contribution in [1.82, 2.24) is 0 Å². The molecule has 0 aliphatic heterocycles. The van der Waals surface area contributed by atoms with Crippen molar-refractivity contribution in [3.8, 4) is 5.75 Å². The lowest BCUT2D eigenvalue weighted by Crippen LogP contribution is -2.49. The predicted molar refractivity (Wildman–Crippen MR) is 104 cm³/mol. The van der Waals surface area contributed by atoms with Crippen LogP contribution in [0, 0.1) is 0 Å². The van der Waals surface area contributed by atoms with Crippen LogP contribution in [0.5, 0.6) is 5.75 Å². The molecule has 0 saturated heterocycles. The third-order valence-corrected chi connectivity index (χ3v) is 4.18. The van der Waals surface area contributed by atoms with Gasteiger partial charge in [0.25, 0.3) is 0 Å². The quantitative estimate of drug-likeness (QED) is 0.232. The highest BCUT2D eigenvalue weighted by Crippen LogP contribution is 2.17. The highest BCUT2D eigenvalue weighted by atomic mass is 17.2. The fourth-order valence-corrected chi connectivity index (χ4v) is 2.48. The molecule has 0 amide bonds. The standard InChI is InChI=1S/C21H26O9/c1-26-17-9-7-16(8-10-17)14-28-30-21(19(25)12-23)20(18(24)11-22)29-27-13-15-5-3-2-4-6-15/h2-11,18-21,23-25H,12-14H2,1H3/t18-,19+,20+,21+/m0/s1. The smallest absolute Gasteiger partial charge is 0.157 e. The Labute approximate surface area is 174 Å². The number of rotatable bonds is 14. The van der Waals surface area contributed by atoms with E-state index in [4.69, 9.17) is 24.3 Å². The van der Waals surface area contributed by atoms with E-state index < -0.39 is 31.0 Å². The molecular weight excluding hydrogens is 396 g/mol. The number of hydrogen-bond donors (Lipinski definition) is 3. The fourth-order valence-electron chi connectivity index (χ4n) is 2.48. The Hall–Kier alpha value is -2.37. The Morgan fingerprint density at radius 3 is 1.97 bits per heavy atom. The second-order valence-electron chi connectivity index (χ2n) is 6.36. The molecule has 4 atom stereocenters. The summed E-state index contributed by atoms with van der Waals surface area (Å²) in [7, 11) is 1.55. The van der Waals surface area contributed by atoms with E-state index in [1.807, 2.05) is 18.2 Å². The van der Waals surface area contributed by atoms with Crippen molar-refractivity contribution in [2.24, 2.45) is 0 Å². The maximum atomic E-state index is 11.1. The lowest BCUT2D eigenvalue weighted by Gasteiger charge is -2.29. The van der Waals surface area contributed by atoms with Crippen molar-refractivity contribution in [1.29, 1.82) is 0 Å². The van der Waals surface area contributed by atoms with Crippen molar-refractivity contribution in [2.75, 3.05) is 13.7 Å². The first-order chi connectivity index (χ1) is 14.6. The van der Waals surface area contributed by atoms with Crippen LogP contribution in [0.2, 0.25) is 0 Å². The molecule has 0 saturated carbocycles. The summed E-state index contributed by atoms with van der Waals surface area (Å²) >= 11 is 0.